The van der Waals surface area contributed by atoms with E-state index in [-0.39, 0.29) is 17.9 Å². The maximum atomic E-state index is 12.6. The van der Waals surface area contributed by atoms with Gasteiger partial charge in [0.15, 0.2) is 16.4 Å². The number of alkyl halides is 3. The summed E-state index contributed by atoms with van der Waals surface area (Å²) in [5.41, 5.74) is -0.483. The van der Waals surface area contributed by atoms with Crippen LogP contribution in [-0.4, -0.2) is 55.9 Å². The third-order valence-electron chi connectivity index (χ3n) is 4.71. The highest BCUT2D eigenvalue weighted by atomic mass is 32.2. The van der Waals surface area contributed by atoms with E-state index < -0.39 is 46.1 Å². The Morgan fingerprint density at radius 1 is 1.21 bits per heavy atom. The molecule has 6 nitrogen and oxygen atoms in total. The normalized spacial score (nSPS) is 18.4. The molecule has 10 heteroatoms. The second-order valence-electron chi connectivity index (χ2n) is 7.03. The standard InChI is InChI=1S/C19H24F3NO5S/c1-2-3-9-23(16-8-10-29(26,27)13-16)17(24)12-28-18(25)11-14-4-6-15(7-5-14)19(20,21)22/h4-7,16H,2-3,8-13H2,1H3. The summed E-state index contributed by atoms with van der Waals surface area (Å²) in [5, 5.41) is 0. The van der Waals surface area contributed by atoms with Crippen LogP contribution in [-0.2, 0) is 36.8 Å². The predicted molar refractivity (Wildman–Crippen MR) is 99.8 cm³/mol. The zero-order valence-corrected chi connectivity index (χ0v) is 16.9. The summed E-state index contributed by atoms with van der Waals surface area (Å²) in [6, 6.07) is 3.69. The Morgan fingerprint density at radius 2 is 1.86 bits per heavy atom. The van der Waals surface area contributed by atoms with E-state index in [2.05, 4.69) is 0 Å². The lowest BCUT2D eigenvalue weighted by molar-refractivity contribution is -0.152. The zero-order valence-electron chi connectivity index (χ0n) is 16.1. The number of carbonyl (C=O) groups is 2. The predicted octanol–water partition coefficient (Wildman–Crippen LogP) is 2.61. The smallest absolute Gasteiger partial charge is 0.416 e. The van der Waals surface area contributed by atoms with Gasteiger partial charge in [-0.05, 0) is 30.5 Å². The highest BCUT2D eigenvalue weighted by molar-refractivity contribution is 7.91. The molecule has 1 atom stereocenters. The molecule has 0 N–H and O–H groups in total. The summed E-state index contributed by atoms with van der Waals surface area (Å²) in [5.74, 6) is -1.28. The van der Waals surface area contributed by atoms with Crippen molar-refractivity contribution in [2.24, 2.45) is 0 Å². The van der Waals surface area contributed by atoms with E-state index in [0.29, 0.717) is 24.9 Å². The van der Waals surface area contributed by atoms with Crippen LogP contribution in [0.5, 0.6) is 0 Å². The van der Waals surface area contributed by atoms with E-state index in [0.717, 1.165) is 18.6 Å². The maximum absolute atomic E-state index is 12.6. The second kappa shape index (κ2) is 9.60. The molecule has 1 heterocycles. The van der Waals surface area contributed by atoms with Crippen molar-refractivity contribution in [1.29, 1.82) is 0 Å². The van der Waals surface area contributed by atoms with Crippen molar-refractivity contribution < 1.29 is 35.9 Å². The van der Waals surface area contributed by atoms with Crippen molar-refractivity contribution in [2.45, 2.75) is 44.8 Å². The van der Waals surface area contributed by atoms with Crippen LogP contribution in [0.3, 0.4) is 0 Å². The second-order valence-corrected chi connectivity index (χ2v) is 9.26. The number of rotatable bonds is 8. The molecule has 162 valence electrons. The Hall–Kier alpha value is -2.10. The van der Waals surface area contributed by atoms with E-state index in [1.165, 1.54) is 17.0 Å². The minimum Gasteiger partial charge on any atom is -0.455 e. The maximum Gasteiger partial charge on any atom is 0.416 e. The van der Waals surface area contributed by atoms with Crippen LogP contribution in [0.4, 0.5) is 13.2 Å². The van der Waals surface area contributed by atoms with Crippen molar-refractivity contribution in [3.05, 3.63) is 35.4 Å². The molecule has 0 bridgehead atoms. The van der Waals surface area contributed by atoms with Crippen molar-refractivity contribution in [2.75, 3.05) is 24.7 Å². The SMILES string of the molecule is CCCCN(C(=O)COC(=O)Cc1ccc(C(F)(F)F)cc1)C1CCS(=O)(=O)C1. The van der Waals surface area contributed by atoms with E-state index in [4.69, 9.17) is 4.74 Å². The fraction of sp³-hybridized carbons (Fsp3) is 0.579. The number of unbranched alkanes of at least 4 members (excludes halogenated alkanes) is 1. The summed E-state index contributed by atoms with van der Waals surface area (Å²) in [6.45, 7) is 1.80. The van der Waals surface area contributed by atoms with Crippen LogP contribution in [0.1, 0.15) is 37.3 Å². The van der Waals surface area contributed by atoms with Gasteiger partial charge in [-0.15, -0.1) is 0 Å². The lowest BCUT2D eigenvalue weighted by atomic mass is 10.1. The molecule has 0 aliphatic carbocycles. The molecule has 1 amide bonds. The van der Waals surface area contributed by atoms with Crippen LogP contribution < -0.4 is 0 Å². The van der Waals surface area contributed by atoms with E-state index >= 15 is 0 Å². The number of hydrogen-bond acceptors (Lipinski definition) is 5. The average Bonchev–Trinajstić information content (AvgIpc) is 2.99. The first kappa shape index (κ1) is 23.2. The van der Waals surface area contributed by atoms with Gasteiger partial charge in [-0.3, -0.25) is 9.59 Å². The first-order chi connectivity index (χ1) is 13.5. The van der Waals surface area contributed by atoms with Gasteiger partial charge in [-0.2, -0.15) is 13.2 Å². The minimum absolute atomic E-state index is 0.0290. The highest BCUT2D eigenvalue weighted by Crippen LogP contribution is 2.29. The van der Waals surface area contributed by atoms with Crippen molar-refractivity contribution in [3.63, 3.8) is 0 Å². The minimum atomic E-state index is -4.46. The molecule has 1 aliphatic heterocycles. The molecular formula is C19H24F3NO5S. The van der Waals surface area contributed by atoms with Crippen molar-refractivity contribution in [1.82, 2.24) is 4.90 Å². The largest absolute Gasteiger partial charge is 0.455 e. The molecule has 0 radical (unpaired) electrons. The Balaban J connectivity index is 1.90. The lowest BCUT2D eigenvalue weighted by Crippen LogP contribution is -2.44. The number of halogens is 3. The molecule has 1 unspecified atom stereocenters. The molecule has 1 saturated heterocycles. The molecule has 1 aromatic carbocycles. The molecule has 1 fully saturated rings. The molecule has 1 aliphatic rings. The summed E-state index contributed by atoms with van der Waals surface area (Å²) < 4.78 is 66.1. The quantitative estimate of drug-likeness (QED) is 0.587. The Bertz CT molecular complexity index is 821. The van der Waals surface area contributed by atoms with Crippen LogP contribution >= 0.6 is 0 Å². The number of amides is 1. The van der Waals surface area contributed by atoms with E-state index in [1.807, 2.05) is 6.92 Å². The van der Waals surface area contributed by atoms with Gasteiger partial charge in [0.2, 0.25) is 0 Å². The first-order valence-electron chi connectivity index (χ1n) is 9.33. The van der Waals surface area contributed by atoms with Gasteiger partial charge < -0.3 is 9.64 Å². The van der Waals surface area contributed by atoms with Gasteiger partial charge in [0.25, 0.3) is 5.91 Å². The number of carbonyl (C=O) groups excluding carboxylic acids is 2. The van der Waals surface area contributed by atoms with Gasteiger partial charge >= 0.3 is 12.1 Å². The summed E-state index contributed by atoms with van der Waals surface area (Å²) >= 11 is 0. The number of hydrogen-bond donors (Lipinski definition) is 0. The molecule has 1 aromatic rings. The van der Waals surface area contributed by atoms with Crippen molar-refractivity contribution in [3.8, 4) is 0 Å². The van der Waals surface area contributed by atoms with Gasteiger partial charge in [0.1, 0.15) is 0 Å². The van der Waals surface area contributed by atoms with E-state index in [9.17, 15) is 31.2 Å². The van der Waals surface area contributed by atoms with Gasteiger partial charge in [0, 0.05) is 12.6 Å². The zero-order chi connectivity index (χ0) is 21.7. The van der Waals surface area contributed by atoms with Crippen LogP contribution in [0.2, 0.25) is 0 Å². The lowest BCUT2D eigenvalue weighted by Gasteiger charge is -2.28. The summed E-state index contributed by atoms with van der Waals surface area (Å²) in [7, 11) is -3.17. The monoisotopic (exact) mass is 435 g/mol. The third kappa shape index (κ3) is 7.02. The molecule has 0 aromatic heterocycles. The fourth-order valence-electron chi connectivity index (χ4n) is 3.11. The first-order valence-corrected chi connectivity index (χ1v) is 11.2. The molecule has 29 heavy (non-hydrogen) atoms. The number of esters is 1. The fourth-order valence-corrected chi connectivity index (χ4v) is 4.85. The molecule has 0 spiro atoms. The molecule has 2 rings (SSSR count). The van der Waals surface area contributed by atoms with Crippen molar-refractivity contribution >= 4 is 21.7 Å². The van der Waals surface area contributed by atoms with Gasteiger partial charge in [0.05, 0.1) is 23.5 Å². The van der Waals surface area contributed by atoms with Crippen LogP contribution in [0, 0.1) is 0 Å². The van der Waals surface area contributed by atoms with Gasteiger partial charge in [-0.1, -0.05) is 25.5 Å². The number of nitrogens with zero attached hydrogens (tertiary/aromatic N) is 1. The summed E-state index contributed by atoms with van der Waals surface area (Å²) in [4.78, 5) is 25.9. The molecular weight excluding hydrogens is 411 g/mol. The number of ether oxygens (including phenoxy) is 1. The van der Waals surface area contributed by atoms with Gasteiger partial charge in [-0.25, -0.2) is 8.42 Å². The Kier molecular flexibility index (Phi) is 7.67. The molecule has 0 saturated carbocycles. The topological polar surface area (TPSA) is 80.8 Å². The number of sulfone groups is 1. The summed E-state index contributed by atoms with van der Waals surface area (Å²) in [6.07, 6.45) is -2.85. The van der Waals surface area contributed by atoms with Crippen LogP contribution in [0.25, 0.3) is 0 Å². The third-order valence-corrected chi connectivity index (χ3v) is 6.46. The average molecular weight is 435 g/mol. The Labute approximate surface area is 167 Å². The Morgan fingerprint density at radius 3 is 2.38 bits per heavy atom. The number of benzene rings is 1. The van der Waals surface area contributed by atoms with E-state index in [1.54, 1.807) is 0 Å². The van der Waals surface area contributed by atoms with Crippen LogP contribution in [0.15, 0.2) is 24.3 Å². The highest BCUT2D eigenvalue weighted by Gasteiger charge is 2.34.